The van der Waals surface area contributed by atoms with Gasteiger partial charge in [0.2, 0.25) is 0 Å². The first-order valence-corrected chi connectivity index (χ1v) is 9.73. The fourth-order valence-corrected chi connectivity index (χ4v) is 3.72. The molecule has 1 aliphatic rings. The second-order valence-corrected chi connectivity index (χ2v) is 7.42. The zero-order chi connectivity index (χ0) is 20.3. The van der Waals surface area contributed by atoms with Gasteiger partial charge < -0.3 is 30.5 Å². The van der Waals surface area contributed by atoms with Crippen molar-refractivity contribution in [2.75, 3.05) is 13.2 Å². The van der Waals surface area contributed by atoms with E-state index in [4.69, 9.17) is 16.3 Å². The smallest absolute Gasteiger partial charge is 0.119 e. The van der Waals surface area contributed by atoms with Crippen molar-refractivity contribution in [3.8, 4) is 5.75 Å². The van der Waals surface area contributed by atoms with Crippen molar-refractivity contribution in [2.24, 2.45) is 0 Å². The van der Waals surface area contributed by atoms with Gasteiger partial charge in [0.25, 0.3) is 0 Å². The summed E-state index contributed by atoms with van der Waals surface area (Å²) in [5.41, 5.74) is 2.66. The Labute approximate surface area is 169 Å². The minimum Gasteiger partial charge on any atom is -0.494 e. The van der Waals surface area contributed by atoms with E-state index in [0.29, 0.717) is 18.1 Å². The number of benzene rings is 2. The number of aliphatic hydroxyl groups is 4. The van der Waals surface area contributed by atoms with Gasteiger partial charge in [-0.2, -0.15) is 0 Å². The molecule has 2 aromatic carbocycles. The lowest BCUT2D eigenvalue weighted by Crippen LogP contribution is -2.62. The van der Waals surface area contributed by atoms with Crippen LogP contribution >= 0.6 is 11.6 Å². The third-order valence-electron chi connectivity index (χ3n) is 5.10. The Hall–Kier alpha value is -1.67. The van der Waals surface area contributed by atoms with Gasteiger partial charge in [-0.1, -0.05) is 35.9 Å². The minimum atomic E-state index is -1.35. The van der Waals surface area contributed by atoms with E-state index < -0.39 is 30.4 Å². The lowest BCUT2D eigenvalue weighted by atomic mass is 9.86. The first-order chi connectivity index (χ1) is 13.4. The zero-order valence-corrected chi connectivity index (χ0v) is 16.4. The molecule has 28 heavy (non-hydrogen) atoms. The second-order valence-electron chi connectivity index (χ2n) is 7.01. The summed E-state index contributed by atoms with van der Waals surface area (Å²) < 4.78 is 5.46. The van der Waals surface area contributed by atoms with Crippen LogP contribution in [0.1, 0.15) is 29.7 Å². The topological polar surface area (TPSA) is 102 Å². The first-order valence-electron chi connectivity index (χ1n) is 9.35. The van der Waals surface area contributed by atoms with Crippen LogP contribution in [0.4, 0.5) is 0 Å². The van der Waals surface area contributed by atoms with Crippen LogP contribution in [-0.2, 0) is 6.42 Å². The van der Waals surface area contributed by atoms with Gasteiger partial charge in [0, 0.05) is 5.02 Å². The van der Waals surface area contributed by atoms with Crippen LogP contribution in [0.25, 0.3) is 0 Å². The number of rotatable bonds is 6. The SMILES string of the molecule is CCOc1ccc(Cc2cc(C3NC(CO)[C@@H](O)[C@H](O)[C@H]3O)ccc2Cl)cc1. The molecule has 5 atom stereocenters. The van der Waals surface area contributed by atoms with E-state index >= 15 is 0 Å². The number of ether oxygens (including phenoxy) is 1. The average Bonchev–Trinajstić information content (AvgIpc) is 2.70. The van der Waals surface area contributed by atoms with Gasteiger partial charge >= 0.3 is 0 Å². The lowest BCUT2D eigenvalue weighted by molar-refractivity contribution is -0.120. The van der Waals surface area contributed by atoms with E-state index in [0.717, 1.165) is 22.4 Å². The van der Waals surface area contributed by atoms with Gasteiger partial charge in [-0.3, -0.25) is 0 Å². The van der Waals surface area contributed by atoms with Crippen LogP contribution < -0.4 is 10.1 Å². The maximum absolute atomic E-state index is 10.4. The van der Waals surface area contributed by atoms with Crippen molar-refractivity contribution in [3.63, 3.8) is 0 Å². The molecular formula is C21H26ClNO5. The van der Waals surface area contributed by atoms with E-state index in [1.54, 1.807) is 12.1 Å². The summed E-state index contributed by atoms with van der Waals surface area (Å²) >= 11 is 6.37. The summed E-state index contributed by atoms with van der Waals surface area (Å²) in [4.78, 5) is 0. The van der Waals surface area contributed by atoms with E-state index in [2.05, 4.69) is 5.32 Å². The van der Waals surface area contributed by atoms with E-state index in [1.165, 1.54) is 0 Å². The fourth-order valence-electron chi connectivity index (χ4n) is 3.53. The molecule has 1 heterocycles. The second kappa shape index (κ2) is 9.22. The van der Waals surface area contributed by atoms with E-state index in [9.17, 15) is 20.4 Å². The molecule has 0 amide bonds. The molecule has 5 N–H and O–H groups in total. The Bertz CT molecular complexity index is 783. The van der Waals surface area contributed by atoms with Crippen LogP contribution in [0.15, 0.2) is 42.5 Å². The summed E-state index contributed by atoms with van der Waals surface area (Å²) in [6.45, 7) is 2.19. The average molecular weight is 408 g/mol. The Kier molecular flexibility index (Phi) is 6.93. The monoisotopic (exact) mass is 407 g/mol. The molecule has 2 unspecified atom stereocenters. The van der Waals surface area contributed by atoms with Crippen molar-refractivity contribution in [1.82, 2.24) is 5.32 Å². The standard InChI is InChI=1S/C21H26ClNO5/c1-2-28-15-6-3-12(4-7-15)9-14-10-13(5-8-16(14)22)18-20(26)21(27)19(25)17(11-24)23-18/h3-8,10,17-21,23-27H,2,9,11H2,1H3/t17?,18?,19-,20+,21+/m1/s1. The Morgan fingerprint density at radius 2 is 1.71 bits per heavy atom. The number of nitrogens with one attached hydrogen (secondary N) is 1. The number of hydrogen-bond acceptors (Lipinski definition) is 6. The van der Waals surface area contributed by atoms with Gasteiger partial charge in [-0.15, -0.1) is 0 Å². The van der Waals surface area contributed by atoms with Crippen LogP contribution in [-0.4, -0.2) is 58.0 Å². The highest BCUT2D eigenvalue weighted by Gasteiger charge is 2.42. The number of halogens is 1. The van der Waals surface area contributed by atoms with Crippen molar-refractivity contribution in [3.05, 3.63) is 64.2 Å². The molecular weight excluding hydrogens is 382 g/mol. The minimum absolute atomic E-state index is 0.353. The number of hydrogen-bond donors (Lipinski definition) is 5. The summed E-state index contributed by atoms with van der Waals surface area (Å²) in [6.07, 6.45) is -3.21. The molecule has 3 rings (SSSR count). The van der Waals surface area contributed by atoms with Crippen LogP contribution in [0.5, 0.6) is 5.75 Å². The van der Waals surface area contributed by atoms with Crippen molar-refractivity contribution in [1.29, 1.82) is 0 Å². The summed E-state index contributed by atoms with van der Waals surface area (Å²) in [5, 5.41) is 43.5. The van der Waals surface area contributed by atoms with Gasteiger partial charge in [-0.25, -0.2) is 0 Å². The quantitative estimate of drug-likeness (QED) is 0.496. The van der Waals surface area contributed by atoms with Crippen LogP contribution in [0, 0.1) is 0 Å². The molecule has 0 aliphatic carbocycles. The molecule has 0 bridgehead atoms. The molecule has 0 radical (unpaired) electrons. The van der Waals surface area contributed by atoms with E-state index in [-0.39, 0.29) is 6.61 Å². The van der Waals surface area contributed by atoms with Crippen LogP contribution in [0.2, 0.25) is 5.02 Å². The fraction of sp³-hybridized carbons (Fsp3) is 0.429. The Balaban J connectivity index is 1.82. The highest BCUT2D eigenvalue weighted by atomic mass is 35.5. The molecule has 2 aromatic rings. The molecule has 6 nitrogen and oxygen atoms in total. The number of piperidine rings is 1. The molecule has 152 valence electrons. The highest BCUT2D eigenvalue weighted by molar-refractivity contribution is 6.31. The van der Waals surface area contributed by atoms with Gasteiger partial charge in [0.1, 0.15) is 18.0 Å². The van der Waals surface area contributed by atoms with Crippen molar-refractivity contribution < 1.29 is 25.2 Å². The molecule has 0 saturated carbocycles. The normalized spacial score (nSPS) is 27.6. The third kappa shape index (κ3) is 4.49. The van der Waals surface area contributed by atoms with Gasteiger partial charge in [0.15, 0.2) is 0 Å². The maximum atomic E-state index is 10.4. The Morgan fingerprint density at radius 1 is 1.00 bits per heavy atom. The third-order valence-corrected chi connectivity index (χ3v) is 5.47. The van der Waals surface area contributed by atoms with E-state index in [1.807, 2.05) is 37.3 Å². The predicted octanol–water partition coefficient (Wildman–Crippen LogP) is 1.42. The largest absolute Gasteiger partial charge is 0.494 e. The first kappa shape index (κ1) is 21.0. The molecule has 0 spiro atoms. The molecule has 1 saturated heterocycles. The molecule has 1 aliphatic heterocycles. The van der Waals surface area contributed by atoms with Crippen molar-refractivity contribution >= 4 is 11.6 Å². The van der Waals surface area contributed by atoms with Crippen LogP contribution in [0.3, 0.4) is 0 Å². The van der Waals surface area contributed by atoms with Crippen molar-refractivity contribution in [2.45, 2.75) is 43.7 Å². The predicted molar refractivity (Wildman–Crippen MR) is 107 cm³/mol. The van der Waals surface area contributed by atoms with Gasteiger partial charge in [-0.05, 0) is 48.2 Å². The zero-order valence-electron chi connectivity index (χ0n) is 15.6. The maximum Gasteiger partial charge on any atom is 0.119 e. The Morgan fingerprint density at radius 3 is 2.36 bits per heavy atom. The number of aliphatic hydroxyl groups excluding tert-OH is 4. The summed E-state index contributed by atoms with van der Waals surface area (Å²) in [7, 11) is 0. The summed E-state index contributed by atoms with van der Waals surface area (Å²) in [6, 6.07) is 11.8. The lowest BCUT2D eigenvalue weighted by Gasteiger charge is -2.41. The van der Waals surface area contributed by atoms with Gasteiger partial charge in [0.05, 0.1) is 31.4 Å². The molecule has 0 aromatic heterocycles. The molecule has 7 heteroatoms. The molecule has 1 fully saturated rings. The summed E-state index contributed by atoms with van der Waals surface area (Å²) in [5.74, 6) is 0.809. The highest BCUT2D eigenvalue weighted by Crippen LogP contribution is 2.30.